The van der Waals surface area contributed by atoms with Gasteiger partial charge in [-0.05, 0) is 38.1 Å². The summed E-state index contributed by atoms with van der Waals surface area (Å²) in [6.07, 6.45) is 3.92. The first kappa shape index (κ1) is 18.2. The van der Waals surface area contributed by atoms with Crippen LogP contribution in [0.15, 0.2) is 0 Å². The quantitative estimate of drug-likeness (QED) is 0.679. The highest BCUT2D eigenvalue weighted by atomic mass is 35.5. The van der Waals surface area contributed by atoms with Crippen LogP contribution in [0.4, 0.5) is 0 Å². The van der Waals surface area contributed by atoms with Gasteiger partial charge in [0.25, 0.3) is 0 Å². The minimum absolute atomic E-state index is 0. The maximum atomic E-state index is 12.3. The number of amides is 2. The van der Waals surface area contributed by atoms with E-state index in [1.165, 1.54) is 0 Å². The molecule has 0 aromatic carbocycles. The summed E-state index contributed by atoms with van der Waals surface area (Å²) < 4.78 is 0. The fourth-order valence-electron chi connectivity index (χ4n) is 2.83. The Kier molecular flexibility index (Phi) is 7.37. The van der Waals surface area contributed by atoms with Gasteiger partial charge in [-0.1, -0.05) is 20.3 Å². The monoisotopic (exact) mass is 291 g/mol. The van der Waals surface area contributed by atoms with Gasteiger partial charge >= 0.3 is 0 Å². The Labute approximate surface area is 121 Å². The van der Waals surface area contributed by atoms with E-state index in [-0.39, 0.29) is 30.2 Å². The Hall–Kier alpha value is -0.810. The second-order valence-electron chi connectivity index (χ2n) is 5.18. The number of carbonyl (C=O) groups excluding carboxylic acids is 2. The van der Waals surface area contributed by atoms with Gasteiger partial charge in [-0.2, -0.15) is 0 Å². The van der Waals surface area contributed by atoms with Gasteiger partial charge in [-0.25, -0.2) is 0 Å². The molecule has 0 aromatic rings. The molecule has 0 spiro atoms. The van der Waals surface area contributed by atoms with E-state index in [2.05, 4.69) is 5.32 Å². The van der Waals surface area contributed by atoms with E-state index >= 15 is 0 Å². The lowest BCUT2D eigenvalue weighted by Crippen LogP contribution is -2.58. The zero-order valence-electron chi connectivity index (χ0n) is 11.8. The Bertz CT molecular complexity index is 319. The van der Waals surface area contributed by atoms with E-state index in [0.29, 0.717) is 19.4 Å². The van der Waals surface area contributed by atoms with Gasteiger partial charge in [-0.3, -0.25) is 9.59 Å². The van der Waals surface area contributed by atoms with Crippen LogP contribution in [0, 0.1) is 11.8 Å². The highest BCUT2D eigenvalue weighted by Crippen LogP contribution is 2.31. The molecule has 0 aliphatic heterocycles. The second kappa shape index (κ2) is 7.70. The Morgan fingerprint density at radius 1 is 1.26 bits per heavy atom. The standard InChI is InChI=1S/C13H25N3O2.ClH/c1-3-13(4-2,12(15)18)16-11(17)10-7-5-6-9(10)8-14;/h9-10H,3-8,14H2,1-2H3,(H2,15,18)(H,16,17);1H/t9-,10-;/m1./s1. The molecule has 5 nitrogen and oxygen atoms in total. The maximum Gasteiger partial charge on any atom is 0.243 e. The average molecular weight is 292 g/mol. The summed E-state index contributed by atoms with van der Waals surface area (Å²) >= 11 is 0. The number of primary amides is 1. The zero-order chi connectivity index (χ0) is 13.8. The predicted octanol–water partition coefficient (Wildman–Crippen LogP) is 0.944. The molecular weight excluding hydrogens is 266 g/mol. The molecule has 2 amide bonds. The summed E-state index contributed by atoms with van der Waals surface area (Å²) in [5.41, 5.74) is 10.2. The lowest BCUT2D eigenvalue weighted by Gasteiger charge is -2.31. The third-order valence-corrected chi connectivity index (χ3v) is 4.34. The van der Waals surface area contributed by atoms with E-state index in [9.17, 15) is 9.59 Å². The van der Waals surface area contributed by atoms with Crippen LogP contribution in [0.2, 0.25) is 0 Å². The molecule has 1 aliphatic rings. The van der Waals surface area contributed by atoms with Crippen LogP contribution in [0.25, 0.3) is 0 Å². The molecule has 0 saturated heterocycles. The van der Waals surface area contributed by atoms with E-state index in [4.69, 9.17) is 11.5 Å². The molecule has 1 aliphatic carbocycles. The van der Waals surface area contributed by atoms with Crippen molar-refractivity contribution in [2.24, 2.45) is 23.3 Å². The van der Waals surface area contributed by atoms with Crippen LogP contribution >= 0.6 is 12.4 Å². The highest BCUT2D eigenvalue weighted by Gasteiger charge is 2.39. The van der Waals surface area contributed by atoms with Gasteiger partial charge in [0.15, 0.2) is 0 Å². The van der Waals surface area contributed by atoms with Crippen molar-refractivity contribution in [3.8, 4) is 0 Å². The van der Waals surface area contributed by atoms with Crippen molar-refractivity contribution in [2.45, 2.75) is 51.5 Å². The number of carbonyl (C=O) groups is 2. The SMILES string of the molecule is CCC(CC)(NC(=O)[C@@H]1CCC[C@@H]1CN)C(N)=O.Cl. The Balaban J connectivity index is 0.00000324. The molecule has 1 rings (SSSR count). The molecule has 1 fully saturated rings. The molecule has 0 heterocycles. The summed E-state index contributed by atoms with van der Waals surface area (Å²) in [6, 6.07) is 0. The van der Waals surface area contributed by atoms with Crippen molar-refractivity contribution >= 4 is 24.2 Å². The van der Waals surface area contributed by atoms with Gasteiger partial charge < -0.3 is 16.8 Å². The summed E-state index contributed by atoms with van der Waals surface area (Å²) in [6.45, 7) is 4.26. The molecule has 0 bridgehead atoms. The van der Waals surface area contributed by atoms with E-state index in [1.54, 1.807) is 0 Å². The van der Waals surface area contributed by atoms with Crippen molar-refractivity contribution in [3.63, 3.8) is 0 Å². The summed E-state index contributed by atoms with van der Waals surface area (Å²) in [4.78, 5) is 23.8. The molecule has 19 heavy (non-hydrogen) atoms. The van der Waals surface area contributed by atoms with Crippen molar-refractivity contribution in [1.29, 1.82) is 0 Å². The predicted molar refractivity (Wildman–Crippen MR) is 77.8 cm³/mol. The number of halogens is 1. The van der Waals surface area contributed by atoms with Crippen LogP contribution in [-0.2, 0) is 9.59 Å². The number of hydrogen-bond donors (Lipinski definition) is 3. The first-order valence-electron chi connectivity index (χ1n) is 6.82. The number of nitrogens with one attached hydrogen (secondary N) is 1. The van der Waals surface area contributed by atoms with Crippen molar-refractivity contribution in [3.05, 3.63) is 0 Å². The first-order chi connectivity index (χ1) is 8.50. The third kappa shape index (κ3) is 3.83. The van der Waals surface area contributed by atoms with Gasteiger partial charge in [0.05, 0.1) is 0 Å². The Morgan fingerprint density at radius 2 is 1.84 bits per heavy atom. The fraction of sp³-hybridized carbons (Fsp3) is 0.846. The van der Waals surface area contributed by atoms with Crippen LogP contribution in [-0.4, -0.2) is 23.9 Å². The third-order valence-electron chi connectivity index (χ3n) is 4.34. The molecular formula is C13H26ClN3O2. The number of nitrogens with two attached hydrogens (primary N) is 2. The lowest BCUT2D eigenvalue weighted by atomic mass is 9.89. The average Bonchev–Trinajstić information content (AvgIpc) is 2.83. The van der Waals surface area contributed by atoms with Crippen LogP contribution < -0.4 is 16.8 Å². The largest absolute Gasteiger partial charge is 0.368 e. The van der Waals surface area contributed by atoms with Crippen LogP contribution in [0.5, 0.6) is 0 Å². The summed E-state index contributed by atoms with van der Waals surface area (Å²) in [5, 5.41) is 2.87. The van der Waals surface area contributed by atoms with Gasteiger partial charge in [0.1, 0.15) is 5.54 Å². The smallest absolute Gasteiger partial charge is 0.243 e. The first-order valence-corrected chi connectivity index (χ1v) is 6.82. The van der Waals surface area contributed by atoms with E-state index in [0.717, 1.165) is 19.3 Å². The molecule has 2 atom stereocenters. The number of hydrogen-bond acceptors (Lipinski definition) is 3. The zero-order valence-corrected chi connectivity index (χ0v) is 12.6. The molecule has 5 N–H and O–H groups in total. The van der Waals surface area contributed by atoms with Crippen molar-refractivity contribution in [1.82, 2.24) is 5.32 Å². The van der Waals surface area contributed by atoms with Gasteiger partial charge in [0, 0.05) is 5.92 Å². The summed E-state index contributed by atoms with van der Waals surface area (Å²) in [5.74, 6) is -0.343. The summed E-state index contributed by atoms with van der Waals surface area (Å²) in [7, 11) is 0. The molecule has 0 radical (unpaired) electrons. The molecule has 6 heteroatoms. The van der Waals surface area contributed by atoms with Crippen LogP contribution in [0.1, 0.15) is 46.0 Å². The minimum Gasteiger partial charge on any atom is -0.368 e. The van der Waals surface area contributed by atoms with Crippen LogP contribution in [0.3, 0.4) is 0 Å². The van der Waals surface area contributed by atoms with Crippen molar-refractivity contribution < 1.29 is 9.59 Å². The topological polar surface area (TPSA) is 98.2 Å². The molecule has 1 saturated carbocycles. The molecule has 112 valence electrons. The normalized spacial score (nSPS) is 22.7. The fourth-order valence-corrected chi connectivity index (χ4v) is 2.83. The Morgan fingerprint density at radius 3 is 2.26 bits per heavy atom. The van der Waals surface area contributed by atoms with Gasteiger partial charge in [-0.15, -0.1) is 12.4 Å². The lowest BCUT2D eigenvalue weighted by molar-refractivity contribution is -0.134. The van der Waals surface area contributed by atoms with E-state index in [1.807, 2.05) is 13.8 Å². The molecule has 0 unspecified atom stereocenters. The second-order valence-corrected chi connectivity index (χ2v) is 5.18. The van der Waals surface area contributed by atoms with Crippen molar-refractivity contribution in [2.75, 3.05) is 6.54 Å². The molecule has 0 aromatic heterocycles. The number of rotatable bonds is 6. The minimum atomic E-state index is -0.904. The van der Waals surface area contributed by atoms with Gasteiger partial charge in [0.2, 0.25) is 11.8 Å². The van der Waals surface area contributed by atoms with E-state index < -0.39 is 11.4 Å². The maximum absolute atomic E-state index is 12.3. The highest BCUT2D eigenvalue weighted by molar-refractivity contribution is 5.91.